The topological polar surface area (TPSA) is 108 Å². The molecule has 3 aliphatic rings. The third-order valence-corrected chi connectivity index (χ3v) is 9.72. The molecule has 0 aliphatic carbocycles. The van der Waals surface area contributed by atoms with Crippen LogP contribution in [0.4, 0.5) is 0 Å². The van der Waals surface area contributed by atoms with Crippen LogP contribution in [0.5, 0.6) is 11.5 Å². The number of aromatic nitrogens is 3. The number of methoxy groups -OCH3 is 1. The molecule has 0 spiro atoms. The number of benzene rings is 2. The van der Waals surface area contributed by atoms with Crippen LogP contribution in [0.3, 0.4) is 0 Å². The highest BCUT2D eigenvalue weighted by atomic mass is 35.5. The van der Waals surface area contributed by atoms with Crippen molar-refractivity contribution in [2.75, 3.05) is 26.8 Å². The number of halogens is 1. The molecule has 0 amide bonds. The fraction of sp³-hybridized carbons (Fsp3) is 0.441. The molecule has 3 aliphatic heterocycles. The molecule has 11 heteroatoms. The largest absolute Gasteiger partial charge is 0.494 e. The van der Waals surface area contributed by atoms with Gasteiger partial charge in [-0.05, 0) is 75.5 Å². The van der Waals surface area contributed by atoms with Crippen LogP contribution in [0.2, 0.25) is 5.02 Å². The SMILES string of the molecule is COc1cc(C(=O)O)cc2c1nc([C@H](C)N1CCC(C3OC(C)(c4ccc(Cl)cn4)Oc4ccccc43)CC1)n2C[C@@H]1CCO1. The summed E-state index contributed by atoms with van der Waals surface area (Å²) < 4.78 is 26.7. The molecule has 4 atom stereocenters. The summed E-state index contributed by atoms with van der Waals surface area (Å²) in [4.78, 5) is 24.0. The molecule has 2 aromatic heterocycles. The van der Waals surface area contributed by atoms with Gasteiger partial charge in [0.2, 0.25) is 0 Å². The van der Waals surface area contributed by atoms with Gasteiger partial charge >= 0.3 is 5.97 Å². The first-order valence-electron chi connectivity index (χ1n) is 15.5. The second-order valence-corrected chi connectivity index (χ2v) is 12.7. The number of ether oxygens (including phenoxy) is 4. The Bertz CT molecular complexity index is 1720. The minimum atomic E-state index is -1.05. The maximum absolute atomic E-state index is 11.9. The molecule has 45 heavy (non-hydrogen) atoms. The Labute approximate surface area is 266 Å². The van der Waals surface area contributed by atoms with Gasteiger partial charge in [-0.15, -0.1) is 0 Å². The van der Waals surface area contributed by atoms with Crippen LogP contribution >= 0.6 is 11.6 Å². The summed E-state index contributed by atoms with van der Waals surface area (Å²) in [6.07, 6.45) is 4.35. The van der Waals surface area contributed by atoms with Gasteiger partial charge in [0.25, 0.3) is 5.79 Å². The van der Waals surface area contributed by atoms with Crippen LogP contribution in [-0.2, 0) is 21.8 Å². The van der Waals surface area contributed by atoms with Crippen LogP contribution in [0, 0.1) is 5.92 Å². The number of rotatable bonds is 8. The number of nitrogens with zero attached hydrogens (tertiary/aromatic N) is 4. The van der Waals surface area contributed by atoms with Crippen molar-refractivity contribution in [3.05, 3.63) is 82.4 Å². The Morgan fingerprint density at radius 2 is 1.96 bits per heavy atom. The van der Waals surface area contributed by atoms with E-state index in [-0.39, 0.29) is 29.7 Å². The lowest BCUT2D eigenvalue weighted by Crippen LogP contribution is -2.44. The minimum absolute atomic E-state index is 0.0113. The van der Waals surface area contributed by atoms with Crippen molar-refractivity contribution in [2.24, 2.45) is 5.92 Å². The fourth-order valence-electron chi connectivity index (χ4n) is 6.86. The average Bonchev–Trinajstić information content (AvgIpc) is 3.40. The van der Waals surface area contributed by atoms with E-state index in [1.54, 1.807) is 31.5 Å². The number of hydrogen-bond donors (Lipinski definition) is 1. The van der Waals surface area contributed by atoms with Crippen molar-refractivity contribution in [1.29, 1.82) is 0 Å². The third-order valence-electron chi connectivity index (χ3n) is 9.49. The van der Waals surface area contributed by atoms with Gasteiger partial charge in [0.05, 0.1) is 48.0 Å². The second kappa shape index (κ2) is 11.9. The van der Waals surface area contributed by atoms with Gasteiger partial charge in [0.1, 0.15) is 28.5 Å². The molecule has 10 nitrogen and oxygen atoms in total. The Balaban J connectivity index is 1.15. The summed E-state index contributed by atoms with van der Waals surface area (Å²) in [5, 5.41) is 10.3. The number of hydrogen-bond acceptors (Lipinski definition) is 8. The fourth-order valence-corrected chi connectivity index (χ4v) is 6.97. The summed E-state index contributed by atoms with van der Waals surface area (Å²) in [7, 11) is 1.55. The zero-order valence-corrected chi connectivity index (χ0v) is 26.4. The van der Waals surface area contributed by atoms with Crippen molar-refractivity contribution in [1.82, 2.24) is 19.4 Å². The molecule has 5 heterocycles. The number of piperidine rings is 1. The maximum Gasteiger partial charge on any atom is 0.335 e. The molecule has 2 saturated heterocycles. The lowest BCUT2D eigenvalue weighted by Gasteiger charge is -2.45. The lowest BCUT2D eigenvalue weighted by atomic mass is 9.85. The highest BCUT2D eigenvalue weighted by molar-refractivity contribution is 6.30. The van der Waals surface area contributed by atoms with Gasteiger partial charge in [-0.2, -0.15) is 0 Å². The molecule has 2 fully saturated rings. The van der Waals surface area contributed by atoms with E-state index < -0.39 is 11.8 Å². The van der Waals surface area contributed by atoms with Crippen molar-refractivity contribution in [3.63, 3.8) is 0 Å². The summed E-state index contributed by atoms with van der Waals surface area (Å²) in [5.41, 5.74) is 3.32. The first-order valence-corrected chi connectivity index (χ1v) is 15.9. The van der Waals surface area contributed by atoms with E-state index in [1.165, 1.54) is 0 Å². The molecule has 4 aromatic rings. The maximum atomic E-state index is 11.9. The molecule has 0 saturated carbocycles. The highest BCUT2D eigenvalue weighted by Gasteiger charge is 2.44. The van der Waals surface area contributed by atoms with E-state index in [4.69, 9.17) is 35.5 Å². The molecule has 236 valence electrons. The van der Waals surface area contributed by atoms with Gasteiger partial charge in [-0.3, -0.25) is 9.88 Å². The Hall–Kier alpha value is -3.70. The molecule has 0 bridgehead atoms. The van der Waals surface area contributed by atoms with Gasteiger partial charge in [-0.25, -0.2) is 9.78 Å². The number of aromatic carboxylic acids is 1. The Kier molecular flexibility index (Phi) is 7.93. The van der Waals surface area contributed by atoms with Crippen LogP contribution in [0.15, 0.2) is 54.7 Å². The van der Waals surface area contributed by atoms with Crippen molar-refractivity contribution in [3.8, 4) is 11.5 Å². The summed E-state index contributed by atoms with van der Waals surface area (Å²) in [5.74, 6) is 0.374. The van der Waals surface area contributed by atoms with Gasteiger partial charge < -0.3 is 28.6 Å². The quantitative estimate of drug-likeness (QED) is 0.237. The standard InChI is InChI=1S/C34H37ClN4O6/c1-20(32-37-30-26(39(32)19-24-12-15-43-24)16-22(33(40)41)17-28(30)42-3)38-13-10-21(11-14-38)31-25-6-4-5-7-27(25)44-34(2,45-31)29-9-8-23(35)18-36-29/h4-9,16-18,20-21,24,31H,10-15,19H2,1-3H3,(H,40,41)/t20-,24-,31?,34?/m0/s1. The number of likely N-dealkylation sites (tertiary alicyclic amines) is 1. The number of fused-ring (bicyclic) bond motifs is 2. The van der Waals surface area contributed by atoms with Gasteiger partial charge in [0.15, 0.2) is 0 Å². The number of carboxylic acids is 1. The van der Waals surface area contributed by atoms with Crippen molar-refractivity contribution < 1.29 is 28.8 Å². The second-order valence-electron chi connectivity index (χ2n) is 12.2. The Morgan fingerprint density at radius 3 is 2.62 bits per heavy atom. The predicted molar refractivity (Wildman–Crippen MR) is 168 cm³/mol. The molecule has 0 radical (unpaired) electrons. The molecular formula is C34H37ClN4O6. The van der Waals surface area contributed by atoms with E-state index in [0.29, 0.717) is 28.5 Å². The number of imidazole rings is 1. The summed E-state index contributed by atoms with van der Waals surface area (Å²) in [6.45, 7) is 7.15. The van der Waals surface area contributed by atoms with Crippen LogP contribution in [0.1, 0.15) is 72.7 Å². The van der Waals surface area contributed by atoms with E-state index in [1.807, 2.05) is 31.2 Å². The number of para-hydroxylation sites is 1. The van der Waals surface area contributed by atoms with E-state index >= 15 is 0 Å². The third kappa shape index (κ3) is 5.54. The molecule has 7 rings (SSSR count). The smallest absolute Gasteiger partial charge is 0.335 e. The number of carbonyl (C=O) groups is 1. The van der Waals surface area contributed by atoms with Crippen LogP contribution < -0.4 is 9.47 Å². The van der Waals surface area contributed by atoms with E-state index in [9.17, 15) is 9.90 Å². The number of carboxylic acid groups (broad SMARTS) is 1. The molecule has 1 N–H and O–H groups in total. The van der Waals surface area contributed by atoms with E-state index in [2.05, 4.69) is 27.4 Å². The average molecular weight is 633 g/mol. The Morgan fingerprint density at radius 1 is 1.18 bits per heavy atom. The predicted octanol–water partition coefficient (Wildman–Crippen LogP) is 6.38. The molecule has 2 aromatic carbocycles. The summed E-state index contributed by atoms with van der Waals surface area (Å²) >= 11 is 6.12. The first-order chi connectivity index (χ1) is 21.7. The first kappa shape index (κ1) is 30.0. The van der Waals surface area contributed by atoms with E-state index in [0.717, 1.165) is 61.6 Å². The van der Waals surface area contributed by atoms with Crippen LogP contribution in [-0.4, -0.2) is 63.4 Å². The van der Waals surface area contributed by atoms with Crippen molar-refractivity contribution in [2.45, 2.75) is 63.7 Å². The zero-order chi connectivity index (χ0) is 31.3. The monoisotopic (exact) mass is 632 g/mol. The number of pyridine rings is 1. The van der Waals surface area contributed by atoms with Gasteiger partial charge in [0, 0.05) is 25.3 Å². The van der Waals surface area contributed by atoms with Crippen molar-refractivity contribution >= 4 is 28.6 Å². The lowest BCUT2D eigenvalue weighted by molar-refractivity contribution is -0.244. The highest BCUT2D eigenvalue weighted by Crippen LogP contribution is 2.48. The van der Waals surface area contributed by atoms with Gasteiger partial charge in [-0.1, -0.05) is 29.8 Å². The van der Waals surface area contributed by atoms with Crippen LogP contribution in [0.25, 0.3) is 11.0 Å². The molecular weight excluding hydrogens is 596 g/mol. The summed E-state index contributed by atoms with van der Waals surface area (Å²) in [6, 6.07) is 15.0. The minimum Gasteiger partial charge on any atom is -0.494 e. The normalized spacial score (nSPS) is 24.4. The zero-order valence-electron chi connectivity index (χ0n) is 25.6. The molecule has 2 unspecified atom stereocenters.